The molecule has 0 fully saturated rings. The first-order valence-electron chi connectivity index (χ1n) is 2.88. The summed E-state index contributed by atoms with van der Waals surface area (Å²) >= 11 is 8.80. The highest BCUT2D eigenvalue weighted by Crippen LogP contribution is 2.46. The molecule has 0 saturated carbocycles. The van der Waals surface area contributed by atoms with Crippen molar-refractivity contribution < 1.29 is 26.6 Å². The topological polar surface area (TPSA) is 18.5 Å². The molecule has 0 aromatic carbocycles. The number of alkyl halides is 4. The molecule has 1 atom stereocenters. The van der Waals surface area contributed by atoms with Crippen LogP contribution in [0.25, 0.3) is 0 Å². The van der Waals surface area contributed by atoms with Crippen LogP contribution in [-0.2, 0) is 33.1 Å². The Morgan fingerprint density at radius 2 is 2.00 bits per heavy atom. The van der Waals surface area contributed by atoms with Gasteiger partial charge in [-0.15, -0.1) is 0 Å². The molecule has 2 nitrogen and oxygen atoms in total. The van der Waals surface area contributed by atoms with Gasteiger partial charge in [-0.2, -0.15) is 8.78 Å². The van der Waals surface area contributed by atoms with Crippen molar-refractivity contribution >= 4 is 29.7 Å². The Balaban J connectivity index is 4.10. The van der Waals surface area contributed by atoms with E-state index >= 15 is 0 Å². The van der Waals surface area contributed by atoms with E-state index in [4.69, 9.17) is 0 Å². The first-order chi connectivity index (χ1) is 5.71. The van der Waals surface area contributed by atoms with Gasteiger partial charge < -0.3 is 21.3 Å². The lowest BCUT2D eigenvalue weighted by Crippen LogP contribution is -2.31. The Hall–Kier alpha value is 0.640. The average molecular weight is 257 g/mol. The van der Waals surface area contributed by atoms with Crippen molar-refractivity contribution in [3.8, 4) is 0 Å². The van der Waals surface area contributed by atoms with Crippen molar-refractivity contribution in [1.29, 1.82) is 0 Å². The van der Waals surface area contributed by atoms with Gasteiger partial charge in [0.15, 0.2) is 0 Å². The van der Waals surface area contributed by atoms with Gasteiger partial charge in [0.2, 0.25) is 0 Å². The van der Waals surface area contributed by atoms with Crippen LogP contribution in [0.4, 0.5) is 17.6 Å². The van der Waals surface area contributed by atoms with Crippen LogP contribution in [-0.4, -0.2) is 26.1 Å². The Morgan fingerprint density at radius 1 is 1.54 bits per heavy atom. The summed E-state index contributed by atoms with van der Waals surface area (Å²) in [5, 5.41) is 0. The molecule has 0 aromatic rings. The molecule has 0 saturated heterocycles. The molecule has 9 heteroatoms. The zero-order chi connectivity index (χ0) is 10.7. The molecule has 13 heavy (non-hydrogen) atoms. The lowest BCUT2D eigenvalue weighted by atomic mass is 10.4. The smallest absolute Gasteiger partial charge is 0.330 e. The van der Waals surface area contributed by atoms with E-state index in [9.17, 15) is 17.6 Å². The maximum atomic E-state index is 12.2. The predicted molar refractivity (Wildman–Crippen MR) is 45.6 cm³/mol. The van der Waals surface area contributed by atoms with Gasteiger partial charge in [-0.3, -0.25) is 0 Å². The number of rotatable bonds is 5. The fourth-order valence-electron chi connectivity index (χ4n) is 0.281. The number of halogens is 4. The molecule has 0 aliphatic carbocycles. The molecule has 0 N–H and O–H groups in total. The second-order valence-corrected chi connectivity index (χ2v) is 7.06. The van der Waals surface area contributed by atoms with Gasteiger partial charge in [0.1, 0.15) is 6.61 Å². The summed E-state index contributed by atoms with van der Waals surface area (Å²) in [5.74, 6) is -4.23. The summed E-state index contributed by atoms with van der Waals surface area (Å²) < 4.78 is 56.1. The van der Waals surface area contributed by atoms with E-state index in [1.165, 1.54) is 0 Å². The van der Waals surface area contributed by atoms with Gasteiger partial charge in [-0.1, -0.05) is 11.8 Å². The summed E-state index contributed by atoms with van der Waals surface area (Å²) in [6.07, 6.45) is -3.80. The highest BCUT2D eigenvalue weighted by atomic mass is 32.9. The summed E-state index contributed by atoms with van der Waals surface area (Å²) in [6, 6.07) is 0. The molecule has 0 bridgehead atoms. The quantitative estimate of drug-likeness (QED) is 0.427. The standard InChI is InChI=1S/C4H7F4O2PS2/c1-9-11(12,13)10-2-4(7,8)3(5)6/h3H,2H2,1H3,(H,12,13)/p-1. The van der Waals surface area contributed by atoms with Gasteiger partial charge in [-0.05, 0) is 0 Å². The molecule has 0 radical (unpaired) electrons. The fraction of sp³-hybridized carbons (Fsp3) is 1.00. The van der Waals surface area contributed by atoms with Gasteiger partial charge in [0, 0.05) is 7.11 Å². The maximum absolute atomic E-state index is 12.2. The molecule has 0 rings (SSSR count). The second kappa shape index (κ2) is 4.93. The largest absolute Gasteiger partial charge is 0.691 e. The van der Waals surface area contributed by atoms with Crippen molar-refractivity contribution in [2.75, 3.05) is 13.7 Å². The van der Waals surface area contributed by atoms with Crippen LogP contribution in [0.5, 0.6) is 0 Å². The van der Waals surface area contributed by atoms with Gasteiger partial charge in [0.25, 0.3) is 0 Å². The molecule has 0 spiro atoms. The number of hydrogen-bond acceptors (Lipinski definition) is 4. The second-order valence-electron chi connectivity index (χ2n) is 1.96. The first-order valence-corrected chi connectivity index (χ1v) is 6.54. The maximum Gasteiger partial charge on any atom is 0.330 e. The van der Waals surface area contributed by atoms with E-state index < -0.39 is 24.6 Å². The first kappa shape index (κ1) is 13.6. The Bertz CT molecular complexity index is 212. The van der Waals surface area contributed by atoms with Crippen LogP contribution in [0, 0.1) is 0 Å². The van der Waals surface area contributed by atoms with Gasteiger partial charge in [0.05, 0.1) is 5.69 Å². The van der Waals surface area contributed by atoms with E-state index in [0.29, 0.717) is 0 Å². The van der Waals surface area contributed by atoms with E-state index in [2.05, 4.69) is 33.1 Å². The average Bonchev–Trinajstić information content (AvgIpc) is 2.01. The van der Waals surface area contributed by atoms with Crippen molar-refractivity contribution in [1.82, 2.24) is 0 Å². The molecule has 0 aliphatic rings. The third kappa shape index (κ3) is 5.17. The van der Waals surface area contributed by atoms with Crippen LogP contribution in [0.15, 0.2) is 0 Å². The molecule has 0 heterocycles. The predicted octanol–water partition coefficient (Wildman–Crippen LogP) is 2.32. The van der Waals surface area contributed by atoms with Crippen molar-refractivity contribution in [2.24, 2.45) is 0 Å². The van der Waals surface area contributed by atoms with Crippen LogP contribution < -0.4 is 0 Å². The van der Waals surface area contributed by atoms with E-state index in [0.717, 1.165) is 7.11 Å². The highest BCUT2D eigenvalue weighted by molar-refractivity contribution is 8.51. The van der Waals surface area contributed by atoms with Crippen molar-refractivity contribution in [2.45, 2.75) is 12.3 Å². The van der Waals surface area contributed by atoms with Crippen molar-refractivity contribution in [3.05, 3.63) is 0 Å². The molecule has 80 valence electrons. The minimum Gasteiger partial charge on any atom is -0.691 e. The molecular weight excluding hydrogens is 251 g/mol. The Labute approximate surface area is 82.9 Å². The van der Waals surface area contributed by atoms with Gasteiger partial charge >= 0.3 is 12.3 Å². The van der Waals surface area contributed by atoms with Crippen LogP contribution in [0.3, 0.4) is 0 Å². The SMILES string of the molecule is COP(=S)([S-])OCC(F)(F)C(F)F. The van der Waals surface area contributed by atoms with E-state index in [1.54, 1.807) is 0 Å². The molecular formula is C4H6F4O2PS2-. The van der Waals surface area contributed by atoms with Gasteiger partial charge in [-0.25, -0.2) is 8.78 Å². The molecule has 0 amide bonds. The summed E-state index contributed by atoms with van der Waals surface area (Å²) in [5.41, 5.74) is -3.21. The summed E-state index contributed by atoms with van der Waals surface area (Å²) in [6.45, 7) is -1.51. The molecule has 0 aliphatic heterocycles. The fourth-order valence-corrected chi connectivity index (χ4v) is 1.03. The lowest BCUT2D eigenvalue weighted by Gasteiger charge is -2.28. The molecule has 0 aromatic heterocycles. The lowest BCUT2D eigenvalue weighted by molar-refractivity contribution is -0.147. The monoisotopic (exact) mass is 257 g/mol. The summed E-state index contributed by atoms with van der Waals surface area (Å²) in [7, 11) is 1.08. The van der Waals surface area contributed by atoms with E-state index in [1.807, 2.05) is 0 Å². The van der Waals surface area contributed by atoms with Crippen LogP contribution in [0.1, 0.15) is 0 Å². The van der Waals surface area contributed by atoms with Crippen LogP contribution >= 0.6 is 5.69 Å². The zero-order valence-corrected chi connectivity index (χ0v) is 8.90. The normalized spacial score (nSPS) is 17.5. The minimum absolute atomic E-state index is 1.08. The zero-order valence-electron chi connectivity index (χ0n) is 6.38. The number of hydrogen-bond donors (Lipinski definition) is 0. The third-order valence-corrected chi connectivity index (χ3v) is 3.38. The Morgan fingerprint density at radius 3 is 2.31 bits per heavy atom. The van der Waals surface area contributed by atoms with Crippen LogP contribution in [0.2, 0.25) is 0 Å². The minimum atomic E-state index is -4.23. The molecule has 1 unspecified atom stereocenters. The Kier molecular flexibility index (Phi) is 5.17. The van der Waals surface area contributed by atoms with Crippen molar-refractivity contribution in [3.63, 3.8) is 0 Å². The third-order valence-electron chi connectivity index (χ3n) is 0.958. The highest BCUT2D eigenvalue weighted by Gasteiger charge is 2.41. The van der Waals surface area contributed by atoms with E-state index in [-0.39, 0.29) is 0 Å². The summed E-state index contributed by atoms with van der Waals surface area (Å²) in [4.78, 5) is 0.